The molecule has 0 aliphatic carbocycles. The van der Waals surface area contributed by atoms with Crippen LogP contribution in [0.5, 0.6) is 5.75 Å². The molecule has 0 saturated carbocycles. The number of hydrogen-bond acceptors (Lipinski definition) is 4. The molecule has 0 saturated heterocycles. The van der Waals surface area contributed by atoms with Gasteiger partial charge in [-0.25, -0.2) is 13.6 Å². The van der Waals surface area contributed by atoms with Gasteiger partial charge in [-0.3, -0.25) is 0 Å². The fourth-order valence-electron chi connectivity index (χ4n) is 1.28. The maximum atomic E-state index is 13.7. The molecule has 0 radical (unpaired) electrons. The molecule has 1 N–H and O–H groups in total. The fourth-order valence-corrected chi connectivity index (χ4v) is 1.69. The molecule has 17 heavy (non-hydrogen) atoms. The van der Waals surface area contributed by atoms with Crippen LogP contribution in [0.1, 0.15) is 11.7 Å². The smallest absolute Gasteiger partial charge is 0.339 e. The van der Waals surface area contributed by atoms with Crippen LogP contribution < -0.4 is 4.74 Å². The molecule has 94 valence electrons. The largest absolute Gasteiger partial charge is 0.493 e. The van der Waals surface area contributed by atoms with Crippen molar-refractivity contribution in [3.8, 4) is 5.75 Å². The normalized spacial score (nSPS) is 12.1. The molecule has 0 aliphatic rings. The minimum absolute atomic E-state index is 0.228. The first-order valence-electron chi connectivity index (χ1n) is 4.41. The number of methoxy groups -OCH3 is 2. The first-order valence-corrected chi connectivity index (χ1v) is 5.20. The number of rotatable bonds is 3. The van der Waals surface area contributed by atoms with Gasteiger partial charge in [-0.05, 0) is 22.0 Å². The lowest BCUT2D eigenvalue weighted by atomic mass is 10.1. The number of carbonyl (C=O) groups excluding carboxylic acids is 1. The zero-order valence-corrected chi connectivity index (χ0v) is 10.5. The topological polar surface area (TPSA) is 55.8 Å². The Kier molecular flexibility index (Phi) is 4.41. The van der Waals surface area contributed by atoms with E-state index in [9.17, 15) is 18.7 Å². The molecule has 1 atom stereocenters. The summed E-state index contributed by atoms with van der Waals surface area (Å²) in [7, 11) is 2.11. The number of aliphatic hydroxyl groups excluding tert-OH is 1. The van der Waals surface area contributed by atoms with Gasteiger partial charge < -0.3 is 14.6 Å². The Morgan fingerprint density at radius 2 is 2.06 bits per heavy atom. The number of hydrogen-bond donors (Lipinski definition) is 1. The maximum absolute atomic E-state index is 13.7. The Labute approximate surface area is 104 Å². The van der Waals surface area contributed by atoms with Crippen molar-refractivity contribution in [3.05, 3.63) is 27.7 Å². The lowest BCUT2D eigenvalue weighted by Gasteiger charge is -2.15. The summed E-state index contributed by atoms with van der Waals surface area (Å²) in [5, 5.41) is 9.55. The highest BCUT2D eigenvalue weighted by molar-refractivity contribution is 9.10. The summed E-state index contributed by atoms with van der Waals surface area (Å²) in [6.45, 7) is 0. The number of benzene rings is 1. The molecule has 1 aromatic carbocycles. The van der Waals surface area contributed by atoms with Crippen LogP contribution in [0.15, 0.2) is 10.5 Å². The minimum atomic E-state index is -1.96. The average Bonchev–Trinajstić information content (AvgIpc) is 2.31. The van der Waals surface area contributed by atoms with Crippen LogP contribution in [-0.2, 0) is 9.53 Å². The van der Waals surface area contributed by atoms with Gasteiger partial charge in [-0.15, -0.1) is 0 Å². The van der Waals surface area contributed by atoms with Crippen molar-refractivity contribution in [2.75, 3.05) is 14.2 Å². The number of ether oxygens (including phenoxy) is 2. The van der Waals surface area contributed by atoms with E-state index in [1.54, 1.807) is 0 Å². The summed E-state index contributed by atoms with van der Waals surface area (Å²) in [5.41, 5.74) is -0.605. The van der Waals surface area contributed by atoms with Crippen LogP contribution in [-0.4, -0.2) is 25.3 Å². The monoisotopic (exact) mass is 310 g/mol. The molecule has 4 nitrogen and oxygen atoms in total. The molecular weight excluding hydrogens is 302 g/mol. The van der Waals surface area contributed by atoms with E-state index in [1.165, 1.54) is 0 Å². The Balaban J connectivity index is 3.44. The van der Waals surface area contributed by atoms with Gasteiger partial charge in [-0.2, -0.15) is 0 Å². The molecule has 1 rings (SSSR count). The van der Waals surface area contributed by atoms with E-state index >= 15 is 0 Å². The Bertz CT molecular complexity index is 450. The van der Waals surface area contributed by atoms with E-state index in [-0.39, 0.29) is 4.47 Å². The molecule has 7 heteroatoms. The second-order valence-electron chi connectivity index (χ2n) is 3.03. The number of carbonyl (C=O) groups is 1. The van der Waals surface area contributed by atoms with Gasteiger partial charge in [0.05, 0.1) is 24.3 Å². The summed E-state index contributed by atoms with van der Waals surface area (Å²) >= 11 is 2.77. The molecule has 0 heterocycles. The van der Waals surface area contributed by atoms with Crippen LogP contribution in [0.25, 0.3) is 0 Å². The van der Waals surface area contributed by atoms with E-state index in [0.29, 0.717) is 0 Å². The highest BCUT2D eigenvalue weighted by Crippen LogP contribution is 2.35. The van der Waals surface area contributed by atoms with Crippen molar-refractivity contribution in [1.29, 1.82) is 0 Å². The van der Waals surface area contributed by atoms with E-state index in [4.69, 9.17) is 0 Å². The van der Waals surface area contributed by atoms with Crippen molar-refractivity contribution < 1.29 is 28.2 Å². The van der Waals surface area contributed by atoms with Crippen LogP contribution in [0.4, 0.5) is 8.78 Å². The standard InChI is InChI=1S/C10H9BrF2O4/c1-16-9-5(12)3-4(11)7(13)6(9)8(14)10(15)17-2/h3,8,14H,1-2H3. The highest BCUT2D eigenvalue weighted by atomic mass is 79.9. The third-order valence-electron chi connectivity index (χ3n) is 2.06. The summed E-state index contributed by atoms with van der Waals surface area (Å²) in [6.07, 6.45) is -1.96. The first kappa shape index (κ1) is 13.9. The Hall–Kier alpha value is -1.21. The van der Waals surface area contributed by atoms with E-state index < -0.39 is 35.0 Å². The maximum Gasteiger partial charge on any atom is 0.339 e. The van der Waals surface area contributed by atoms with Crippen molar-refractivity contribution in [3.63, 3.8) is 0 Å². The predicted molar refractivity (Wildman–Crippen MR) is 57.6 cm³/mol. The van der Waals surface area contributed by atoms with Crippen LogP contribution in [0.3, 0.4) is 0 Å². The van der Waals surface area contributed by atoms with E-state index in [1.807, 2.05) is 0 Å². The quantitative estimate of drug-likeness (QED) is 0.685. The third-order valence-corrected chi connectivity index (χ3v) is 2.64. The number of esters is 1. The average molecular weight is 311 g/mol. The van der Waals surface area contributed by atoms with Crippen LogP contribution >= 0.6 is 15.9 Å². The Morgan fingerprint density at radius 3 is 2.53 bits per heavy atom. The minimum Gasteiger partial charge on any atom is -0.493 e. The van der Waals surface area contributed by atoms with Crippen molar-refractivity contribution in [2.24, 2.45) is 0 Å². The molecule has 0 aromatic heterocycles. The summed E-state index contributed by atoms with van der Waals surface area (Å²) < 4.78 is 35.8. The van der Waals surface area contributed by atoms with Gasteiger partial charge in [-0.1, -0.05) is 0 Å². The first-order chi connectivity index (χ1) is 7.93. The molecule has 1 unspecified atom stereocenters. The molecular formula is C10H9BrF2O4. The van der Waals surface area contributed by atoms with Gasteiger partial charge in [0.15, 0.2) is 17.7 Å². The molecule has 0 spiro atoms. The number of aliphatic hydroxyl groups is 1. The second-order valence-corrected chi connectivity index (χ2v) is 3.88. The summed E-state index contributed by atoms with van der Waals surface area (Å²) in [6, 6.07) is 0.835. The van der Waals surface area contributed by atoms with Gasteiger partial charge in [0.1, 0.15) is 5.82 Å². The lowest BCUT2D eigenvalue weighted by molar-refractivity contribution is -0.151. The molecule has 1 aromatic rings. The zero-order valence-electron chi connectivity index (χ0n) is 8.96. The Morgan fingerprint density at radius 1 is 1.47 bits per heavy atom. The number of halogens is 3. The fraction of sp³-hybridized carbons (Fsp3) is 0.300. The van der Waals surface area contributed by atoms with Crippen LogP contribution in [0.2, 0.25) is 0 Å². The SMILES string of the molecule is COC(=O)C(O)c1c(F)c(Br)cc(F)c1OC. The summed E-state index contributed by atoms with van der Waals surface area (Å²) in [5.74, 6) is -3.54. The van der Waals surface area contributed by atoms with Crippen LogP contribution in [0, 0.1) is 11.6 Å². The van der Waals surface area contributed by atoms with Gasteiger partial charge in [0, 0.05) is 0 Å². The third kappa shape index (κ3) is 2.55. The van der Waals surface area contributed by atoms with Crippen molar-refractivity contribution in [2.45, 2.75) is 6.10 Å². The lowest BCUT2D eigenvalue weighted by Crippen LogP contribution is -2.17. The zero-order chi connectivity index (χ0) is 13.2. The molecule has 0 amide bonds. The van der Waals surface area contributed by atoms with Crippen molar-refractivity contribution >= 4 is 21.9 Å². The van der Waals surface area contributed by atoms with E-state index in [0.717, 1.165) is 20.3 Å². The van der Waals surface area contributed by atoms with Crippen molar-refractivity contribution in [1.82, 2.24) is 0 Å². The molecule has 0 fully saturated rings. The summed E-state index contributed by atoms with van der Waals surface area (Å²) in [4.78, 5) is 11.1. The van der Waals surface area contributed by atoms with Gasteiger partial charge >= 0.3 is 5.97 Å². The van der Waals surface area contributed by atoms with E-state index in [2.05, 4.69) is 25.4 Å². The van der Waals surface area contributed by atoms with Gasteiger partial charge in [0.2, 0.25) is 0 Å². The molecule has 0 aliphatic heterocycles. The van der Waals surface area contributed by atoms with Gasteiger partial charge in [0.25, 0.3) is 0 Å². The predicted octanol–water partition coefficient (Wildman–Crippen LogP) is 1.94. The molecule has 0 bridgehead atoms. The second kappa shape index (κ2) is 5.42. The highest BCUT2D eigenvalue weighted by Gasteiger charge is 2.29.